The monoisotopic (exact) mass is 367 g/mol. The molecule has 0 spiro atoms. The third-order valence-electron chi connectivity index (χ3n) is 3.37. The molecule has 2 aromatic carbocycles. The number of benzene rings is 2. The second kappa shape index (κ2) is 7.49. The summed E-state index contributed by atoms with van der Waals surface area (Å²) in [5, 5.41) is 2.89. The van der Waals surface area contributed by atoms with Crippen molar-refractivity contribution < 1.29 is 13.6 Å². The number of rotatable bonds is 5. The smallest absolute Gasteiger partial charge is 0.220 e. The molecule has 5 heteroatoms. The van der Waals surface area contributed by atoms with Crippen molar-refractivity contribution >= 4 is 21.8 Å². The first-order valence-electron chi connectivity index (χ1n) is 6.94. The summed E-state index contributed by atoms with van der Waals surface area (Å²) >= 11 is 3.36. The van der Waals surface area contributed by atoms with Crippen LogP contribution in [0.4, 0.5) is 8.78 Å². The lowest BCUT2D eigenvalue weighted by Crippen LogP contribution is -2.26. The van der Waals surface area contributed by atoms with Crippen LogP contribution in [0.5, 0.6) is 0 Å². The van der Waals surface area contributed by atoms with E-state index in [2.05, 4.69) is 21.2 Å². The molecule has 1 atom stereocenters. The molecule has 0 aliphatic carbocycles. The van der Waals surface area contributed by atoms with Crippen molar-refractivity contribution in [3.8, 4) is 0 Å². The van der Waals surface area contributed by atoms with Gasteiger partial charge in [0.25, 0.3) is 0 Å². The quantitative estimate of drug-likeness (QED) is 0.825. The van der Waals surface area contributed by atoms with Crippen molar-refractivity contribution in [1.29, 1.82) is 0 Å². The molecule has 2 nitrogen and oxygen atoms in total. The molecule has 0 radical (unpaired) electrons. The van der Waals surface area contributed by atoms with Crippen LogP contribution < -0.4 is 5.32 Å². The molecule has 1 N–H and O–H groups in total. The summed E-state index contributed by atoms with van der Waals surface area (Å²) < 4.78 is 26.9. The van der Waals surface area contributed by atoms with Crippen LogP contribution in [0.3, 0.4) is 0 Å². The van der Waals surface area contributed by atoms with Crippen LogP contribution in [0.25, 0.3) is 0 Å². The van der Waals surface area contributed by atoms with Crippen molar-refractivity contribution in [2.45, 2.75) is 25.8 Å². The Hall–Kier alpha value is -1.75. The zero-order chi connectivity index (χ0) is 16.1. The van der Waals surface area contributed by atoms with E-state index in [1.165, 1.54) is 6.07 Å². The lowest BCUT2D eigenvalue weighted by atomic mass is 10.1. The van der Waals surface area contributed by atoms with Crippen LogP contribution in [-0.2, 0) is 11.2 Å². The first-order chi connectivity index (χ1) is 10.5. The molecule has 1 unspecified atom stereocenters. The maximum absolute atomic E-state index is 13.1. The molecule has 0 aliphatic heterocycles. The lowest BCUT2D eigenvalue weighted by Gasteiger charge is -2.14. The molecule has 0 bridgehead atoms. The van der Waals surface area contributed by atoms with Gasteiger partial charge in [0.1, 0.15) is 0 Å². The van der Waals surface area contributed by atoms with E-state index in [1.54, 1.807) is 0 Å². The summed E-state index contributed by atoms with van der Waals surface area (Å²) in [4.78, 5) is 11.9. The summed E-state index contributed by atoms with van der Waals surface area (Å²) in [5.74, 6) is -1.89. The van der Waals surface area contributed by atoms with Crippen LogP contribution in [0.1, 0.15) is 30.5 Å². The molecule has 0 saturated carbocycles. The first kappa shape index (κ1) is 16.6. The van der Waals surface area contributed by atoms with Crippen molar-refractivity contribution in [3.05, 3.63) is 69.7 Å². The van der Waals surface area contributed by atoms with E-state index >= 15 is 0 Å². The summed E-state index contributed by atoms with van der Waals surface area (Å²) in [6.45, 7) is 1.90. The SMILES string of the molecule is CC(NC(=O)CCc1ccc(F)c(F)c1)c1ccc(Br)cc1. The van der Waals surface area contributed by atoms with Crippen LogP contribution in [0.15, 0.2) is 46.9 Å². The van der Waals surface area contributed by atoms with E-state index in [1.807, 2.05) is 31.2 Å². The third-order valence-corrected chi connectivity index (χ3v) is 3.90. The van der Waals surface area contributed by atoms with Gasteiger partial charge in [0.15, 0.2) is 11.6 Å². The van der Waals surface area contributed by atoms with E-state index in [0.29, 0.717) is 12.0 Å². The molecule has 2 rings (SSSR count). The fourth-order valence-corrected chi connectivity index (χ4v) is 2.37. The largest absolute Gasteiger partial charge is 0.350 e. The zero-order valence-corrected chi connectivity index (χ0v) is 13.7. The molecule has 0 aliphatic rings. The van der Waals surface area contributed by atoms with E-state index in [4.69, 9.17) is 0 Å². The maximum Gasteiger partial charge on any atom is 0.220 e. The van der Waals surface area contributed by atoms with E-state index in [0.717, 1.165) is 22.2 Å². The molecule has 0 saturated heterocycles. The van der Waals surface area contributed by atoms with Crippen molar-refractivity contribution in [2.24, 2.45) is 0 Å². The van der Waals surface area contributed by atoms with Crippen molar-refractivity contribution in [2.75, 3.05) is 0 Å². The topological polar surface area (TPSA) is 29.1 Å². The minimum atomic E-state index is -0.888. The Bertz CT molecular complexity index is 658. The van der Waals surface area contributed by atoms with Crippen molar-refractivity contribution in [1.82, 2.24) is 5.32 Å². The van der Waals surface area contributed by atoms with Gasteiger partial charge >= 0.3 is 0 Å². The summed E-state index contributed by atoms with van der Waals surface area (Å²) in [6.07, 6.45) is 0.599. The number of aryl methyl sites for hydroxylation is 1. The molecule has 0 fully saturated rings. The van der Waals surface area contributed by atoms with Crippen LogP contribution >= 0.6 is 15.9 Å². The molecule has 2 aromatic rings. The summed E-state index contributed by atoms with van der Waals surface area (Å²) in [5.41, 5.74) is 1.61. The van der Waals surface area contributed by atoms with E-state index < -0.39 is 11.6 Å². The molecule has 116 valence electrons. The zero-order valence-electron chi connectivity index (χ0n) is 12.1. The Morgan fingerprint density at radius 2 is 1.82 bits per heavy atom. The predicted octanol–water partition coefficient (Wildman–Crippen LogP) is 4.54. The van der Waals surface area contributed by atoms with Gasteiger partial charge in [-0.15, -0.1) is 0 Å². The molecule has 22 heavy (non-hydrogen) atoms. The van der Waals surface area contributed by atoms with Gasteiger partial charge in [0.05, 0.1) is 6.04 Å². The van der Waals surface area contributed by atoms with Gasteiger partial charge in [0, 0.05) is 10.9 Å². The highest BCUT2D eigenvalue weighted by Crippen LogP contribution is 2.17. The fraction of sp³-hybridized carbons (Fsp3) is 0.235. The van der Waals surface area contributed by atoms with Crippen LogP contribution in [-0.4, -0.2) is 5.91 Å². The highest BCUT2D eigenvalue weighted by Gasteiger charge is 2.10. The number of carbonyl (C=O) groups excluding carboxylic acids is 1. The molecule has 1 amide bonds. The average Bonchev–Trinajstić information content (AvgIpc) is 2.49. The first-order valence-corrected chi connectivity index (χ1v) is 7.74. The lowest BCUT2D eigenvalue weighted by molar-refractivity contribution is -0.121. The minimum absolute atomic E-state index is 0.106. The van der Waals surface area contributed by atoms with Gasteiger partial charge in [-0.05, 0) is 48.7 Å². The second-order valence-corrected chi connectivity index (χ2v) is 6.00. The summed E-state index contributed by atoms with van der Waals surface area (Å²) in [6, 6.07) is 11.3. The van der Waals surface area contributed by atoms with Crippen LogP contribution in [0.2, 0.25) is 0 Å². The maximum atomic E-state index is 13.1. The van der Waals surface area contributed by atoms with Gasteiger partial charge in [-0.1, -0.05) is 34.1 Å². The fourth-order valence-electron chi connectivity index (χ4n) is 2.10. The van der Waals surface area contributed by atoms with Gasteiger partial charge in [-0.3, -0.25) is 4.79 Å². The Morgan fingerprint density at radius 1 is 1.14 bits per heavy atom. The second-order valence-electron chi connectivity index (χ2n) is 5.09. The van der Waals surface area contributed by atoms with E-state index in [-0.39, 0.29) is 18.4 Å². The normalized spacial score (nSPS) is 12.0. The van der Waals surface area contributed by atoms with Gasteiger partial charge in [0.2, 0.25) is 5.91 Å². The molecular weight excluding hydrogens is 352 g/mol. The number of amides is 1. The van der Waals surface area contributed by atoms with Gasteiger partial charge in [-0.2, -0.15) is 0 Å². The number of hydrogen-bond acceptors (Lipinski definition) is 1. The number of halogens is 3. The Morgan fingerprint density at radius 3 is 2.45 bits per heavy atom. The minimum Gasteiger partial charge on any atom is -0.350 e. The number of nitrogens with one attached hydrogen (secondary N) is 1. The number of carbonyl (C=O) groups is 1. The van der Waals surface area contributed by atoms with Crippen molar-refractivity contribution in [3.63, 3.8) is 0 Å². The Balaban J connectivity index is 1.87. The van der Waals surface area contributed by atoms with Crippen LogP contribution in [0, 0.1) is 11.6 Å². The highest BCUT2D eigenvalue weighted by molar-refractivity contribution is 9.10. The highest BCUT2D eigenvalue weighted by atomic mass is 79.9. The third kappa shape index (κ3) is 4.63. The molecular formula is C17H16BrF2NO. The standard InChI is InChI=1S/C17H16BrF2NO/c1-11(13-4-6-14(18)7-5-13)21-17(22)9-3-12-2-8-15(19)16(20)10-12/h2,4-8,10-11H,3,9H2,1H3,(H,21,22). The Labute approximate surface area is 136 Å². The molecule has 0 heterocycles. The predicted molar refractivity (Wildman–Crippen MR) is 85.4 cm³/mol. The van der Waals surface area contributed by atoms with Gasteiger partial charge < -0.3 is 5.32 Å². The number of hydrogen-bond donors (Lipinski definition) is 1. The Kier molecular flexibility index (Phi) is 5.66. The van der Waals surface area contributed by atoms with Gasteiger partial charge in [-0.25, -0.2) is 8.78 Å². The van der Waals surface area contributed by atoms with E-state index in [9.17, 15) is 13.6 Å². The summed E-state index contributed by atoms with van der Waals surface area (Å²) in [7, 11) is 0. The average molecular weight is 368 g/mol. The molecule has 0 aromatic heterocycles.